The van der Waals surface area contributed by atoms with Gasteiger partial charge in [0.25, 0.3) is 0 Å². The van der Waals surface area contributed by atoms with Crippen LogP contribution in [0.2, 0.25) is 0 Å². The maximum Gasteiger partial charge on any atom is 0.242 e. The molecule has 0 radical (unpaired) electrons. The Bertz CT molecular complexity index is 645. The monoisotopic (exact) mass is 340 g/mol. The number of unbranched alkanes of at least 4 members (excludes halogenated alkanes) is 1. The van der Waals surface area contributed by atoms with Crippen molar-refractivity contribution in [3.8, 4) is 5.75 Å². The van der Waals surface area contributed by atoms with Crippen LogP contribution in [-0.4, -0.2) is 42.1 Å². The van der Waals surface area contributed by atoms with E-state index in [1.165, 1.54) is 10.4 Å². The van der Waals surface area contributed by atoms with Crippen LogP contribution in [0.3, 0.4) is 0 Å². The van der Waals surface area contributed by atoms with Crippen LogP contribution in [0.5, 0.6) is 5.75 Å². The fraction of sp³-hybridized carbons (Fsp3) is 0.562. The first-order valence-corrected chi connectivity index (χ1v) is 9.65. The third-order valence-electron chi connectivity index (χ3n) is 4.03. The molecule has 0 unspecified atom stereocenters. The number of benzene rings is 1. The molecule has 1 aliphatic rings. The molecule has 2 rings (SSSR count). The summed E-state index contributed by atoms with van der Waals surface area (Å²) in [5.74, 6) is -0.340. The highest BCUT2D eigenvalue weighted by atomic mass is 32.2. The largest absolute Gasteiger partial charge is 0.506 e. The lowest BCUT2D eigenvalue weighted by Crippen LogP contribution is -2.50. The maximum atomic E-state index is 12.5. The number of amides is 1. The van der Waals surface area contributed by atoms with Crippen molar-refractivity contribution in [1.29, 1.82) is 0 Å². The smallest absolute Gasteiger partial charge is 0.242 e. The van der Waals surface area contributed by atoms with Crippen molar-refractivity contribution in [2.75, 3.05) is 17.6 Å². The van der Waals surface area contributed by atoms with Gasteiger partial charge < -0.3 is 10.4 Å². The Labute approximate surface area is 137 Å². The summed E-state index contributed by atoms with van der Waals surface area (Å²) in [5, 5.41) is 12.4. The topological polar surface area (TPSA) is 86.7 Å². The van der Waals surface area contributed by atoms with Gasteiger partial charge in [0.15, 0.2) is 0 Å². The van der Waals surface area contributed by atoms with E-state index in [2.05, 4.69) is 5.32 Å². The minimum absolute atomic E-state index is 0.0305. The number of nitrogens with zero attached hydrogens (tertiary/aromatic N) is 1. The Morgan fingerprint density at radius 1 is 1.35 bits per heavy atom. The lowest BCUT2D eigenvalue weighted by Gasteiger charge is -2.33. The first-order valence-electron chi connectivity index (χ1n) is 8.04. The fourth-order valence-corrected chi connectivity index (χ4v) is 4.62. The molecule has 1 aromatic rings. The molecule has 7 heteroatoms. The van der Waals surface area contributed by atoms with Gasteiger partial charge >= 0.3 is 0 Å². The standard InChI is InChI=1S/C16H24N2O4S/c1-2-3-12-23(21,22)18-11-7-6-9-14(18)16(20)17-13-8-4-5-10-15(13)19/h4-5,8,10,14,19H,2-3,6-7,9,11-12H2,1H3,(H,17,20)/t14-/m0/s1. The summed E-state index contributed by atoms with van der Waals surface area (Å²) in [6.07, 6.45) is 3.48. The summed E-state index contributed by atoms with van der Waals surface area (Å²) in [4.78, 5) is 12.5. The predicted octanol–water partition coefficient (Wildman–Crippen LogP) is 2.32. The Hall–Kier alpha value is -1.60. The summed E-state index contributed by atoms with van der Waals surface area (Å²) >= 11 is 0. The van der Waals surface area contributed by atoms with Crippen molar-refractivity contribution >= 4 is 21.6 Å². The van der Waals surface area contributed by atoms with Crippen LogP contribution in [-0.2, 0) is 14.8 Å². The van der Waals surface area contributed by atoms with Crippen molar-refractivity contribution in [1.82, 2.24) is 4.31 Å². The van der Waals surface area contributed by atoms with E-state index in [9.17, 15) is 18.3 Å². The summed E-state index contributed by atoms with van der Waals surface area (Å²) in [7, 11) is -3.43. The van der Waals surface area contributed by atoms with Crippen LogP contribution in [0, 0.1) is 0 Å². The number of sulfonamides is 1. The lowest BCUT2D eigenvalue weighted by molar-refractivity contribution is -0.120. The number of phenolic OH excluding ortho intramolecular Hbond substituents is 1. The Balaban J connectivity index is 2.14. The minimum atomic E-state index is -3.43. The molecule has 1 atom stereocenters. The first-order chi connectivity index (χ1) is 11.0. The third-order valence-corrected chi connectivity index (χ3v) is 5.99. The van der Waals surface area contributed by atoms with Crippen LogP contribution in [0.25, 0.3) is 0 Å². The number of hydrogen-bond donors (Lipinski definition) is 2. The SMILES string of the molecule is CCCCS(=O)(=O)N1CCCC[C@H]1C(=O)Nc1ccccc1O. The molecule has 128 valence electrons. The molecule has 0 aliphatic carbocycles. The molecule has 0 saturated carbocycles. The molecular weight excluding hydrogens is 316 g/mol. The molecule has 1 amide bonds. The maximum absolute atomic E-state index is 12.5. The third kappa shape index (κ3) is 4.45. The fourth-order valence-electron chi connectivity index (χ4n) is 2.74. The predicted molar refractivity (Wildman–Crippen MR) is 89.8 cm³/mol. The molecule has 1 aromatic carbocycles. The number of carbonyl (C=O) groups is 1. The van der Waals surface area contributed by atoms with Crippen molar-refractivity contribution < 1.29 is 18.3 Å². The lowest BCUT2D eigenvalue weighted by atomic mass is 10.0. The van der Waals surface area contributed by atoms with Gasteiger partial charge in [-0.05, 0) is 31.4 Å². The van der Waals surface area contributed by atoms with Gasteiger partial charge in [-0.3, -0.25) is 4.79 Å². The number of rotatable bonds is 6. The quantitative estimate of drug-likeness (QED) is 0.778. The molecule has 1 fully saturated rings. The van der Waals surface area contributed by atoms with Crippen molar-refractivity contribution in [3.05, 3.63) is 24.3 Å². The van der Waals surface area contributed by atoms with E-state index in [0.29, 0.717) is 25.1 Å². The Morgan fingerprint density at radius 2 is 2.09 bits per heavy atom. The molecule has 0 aromatic heterocycles. The number of hydrogen-bond acceptors (Lipinski definition) is 4. The van der Waals surface area contributed by atoms with Crippen LogP contribution in [0.1, 0.15) is 39.0 Å². The number of nitrogens with one attached hydrogen (secondary N) is 1. The highest BCUT2D eigenvalue weighted by Gasteiger charge is 2.36. The summed E-state index contributed by atoms with van der Waals surface area (Å²) in [6, 6.07) is 5.72. The van der Waals surface area contributed by atoms with Crippen LogP contribution in [0.4, 0.5) is 5.69 Å². The summed E-state index contributed by atoms with van der Waals surface area (Å²) in [6.45, 7) is 2.32. The summed E-state index contributed by atoms with van der Waals surface area (Å²) in [5.41, 5.74) is 0.300. The molecule has 6 nitrogen and oxygen atoms in total. The number of piperidine rings is 1. The number of para-hydroxylation sites is 2. The number of carbonyl (C=O) groups excluding carboxylic acids is 1. The van der Waals surface area contributed by atoms with Crippen molar-refractivity contribution in [3.63, 3.8) is 0 Å². The van der Waals surface area contributed by atoms with Gasteiger partial charge in [0.1, 0.15) is 11.8 Å². The second-order valence-electron chi connectivity index (χ2n) is 5.80. The van der Waals surface area contributed by atoms with E-state index in [1.54, 1.807) is 18.2 Å². The van der Waals surface area contributed by atoms with Gasteiger partial charge in [0.2, 0.25) is 15.9 Å². The molecule has 1 aliphatic heterocycles. The van der Waals surface area contributed by atoms with Crippen molar-refractivity contribution in [2.24, 2.45) is 0 Å². The number of anilines is 1. The van der Waals surface area contributed by atoms with E-state index < -0.39 is 16.1 Å². The molecule has 1 saturated heterocycles. The van der Waals surface area contributed by atoms with Gasteiger partial charge in [-0.2, -0.15) is 4.31 Å². The van der Waals surface area contributed by atoms with E-state index in [4.69, 9.17) is 0 Å². The van der Waals surface area contributed by atoms with Crippen molar-refractivity contribution in [2.45, 2.75) is 45.1 Å². The average molecular weight is 340 g/mol. The molecule has 23 heavy (non-hydrogen) atoms. The Morgan fingerprint density at radius 3 is 2.78 bits per heavy atom. The van der Waals surface area contributed by atoms with Gasteiger partial charge in [-0.1, -0.05) is 31.9 Å². The summed E-state index contributed by atoms with van der Waals surface area (Å²) < 4.78 is 26.3. The second kappa shape index (κ2) is 7.79. The highest BCUT2D eigenvalue weighted by Crippen LogP contribution is 2.26. The molecule has 2 N–H and O–H groups in total. The number of aromatic hydroxyl groups is 1. The highest BCUT2D eigenvalue weighted by molar-refractivity contribution is 7.89. The van der Waals surface area contributed by atoms with Crippen LogP contribution >= 0.6 is 0 Å². The van der Waals surface area contributed by atoms with Gasteiger partial charge in [0.05, 0.1) is 11.4 Å². The number of phenols is 1. The minimum Gasteiger partial charge on any atom is -0.506 e. The van der Waals surface area contributed by atoms with E-state index in [1.807, 2.05) is 6.92 Å². The Kier molecular flexibility index (Phi) is 6.01. The van der Waals surface area contributed by atoms with Gasteiger partial charge in [-0.25, -0.2) is 8.42 Å². The molecular formula is C16H24N2O4S. The molecule has 0 spiro atoms. The normalized spacial score (nSPS) is 19.4. The average Bonchev–Trinajstić information content (AvgIpc) is 2.55. The second-order valence-corrected chi connectivity index (χ2v) is 7.84. The van der Waals surface area contributed by atoms with Crippen LogP contribution < -0.4 is 5.32 Å². The van der Waals surface area contributed by atoms with E-state index in [0.717, 1.165) is 19.3 Å². The van der Waals surface area contributed by atoms with Crippen LogP contribution in [0.15, 0.2) is 24.3 Å². The van der Waals surface area contributed by atoms with Gasteiger partial charge in [0, 0.05) is 6.54 Å². The molecule has 0 bridgehead atoms. The zero-order valence-electron chi connectivity index (χ0n) is 13.4. The zero-order valence-corrected chi connectivity index (χ0v) is 14.2. The zero-order chi connectivity index (χ0) is 16.9. The van der Waals surface area contributed by atoms with E-state index in [-0.39, 0.29) is 17.4 Å². The molecule has 1 heterocycles. The van der Waals surface area contributed by atoms with E-state index >= 15 is 0 Å². The van der Waals surface area contributed by atoms with Gasteiger partial charge in [-0.15, -0.1) is 0 Å². The first kappa shape index (κ1) is 17.7.